The average molecular weight is 275 g/mol. The highest BCUT2D eigenvalue weighted by Crippen LogP contribution is 2.34. The Labute approximate surface area is 125 Å². The predicted octanol–water partition coefficient (Wildman–Crippen LogP) is 3.90. The molecule has 0 saturated heterocycles. The van der Waals surface area contributed by atoms with Crippen molar-refractivity contribution >= 4 is 6.08 Å². The number of dihydropyridines is 1. The number of hydrogen-bond acceptors (Lipinski definition) is 3. The van der Waals surface area contributed by atoms with Gasteiger partial charge in [0.05, 0.1) is 29.2 Å². The van der Waals surface area contributed by atoms with Crippen LogP contribution in [0.25, 0.3) is 6.08 Å². The Morgan fingerprint density at radius 1 is 1.05 bits per heavy atom. The van der Waals surface area contributed by atoms with Gasteiger partial charge in [0.2, 0.25) is 0 Å². The lowest BCUT2D eigenvalue weighted by atomic mass is 9.81. The first-order valence-electron chi connectivity index (χ1n) is 6.80. The van der Waals surface area contributed by atoms with Crippen LogP contribution in [0.1, 0.15) is 26.3 Å². The van der Waals surface area contributed by atoms with Gasteiger partial charge in [0.1, 0.15) is 0 Å². The maximum Gasteiger partial charge on any atom is 0.0975 e. The Bertz CT molecular complexity index is 686. The molecule has 0 amide bonds. The molecule has 0 spiro atoms. The fourth-order valence-electron chi connectivity index (χ4n) is 2.64. The van der Waals surface area contributed by atoms with Gasteiger partial charge in [-0.15, -0.1) is 0 Å². The van der Waals surface area contributed by atoms with Crippen LogP contribution in [0.4, 0.5) is 0 Å². The minimum absolute atomic E-state index is 0.263. The van der Waals surface area contributed by atoms with Crippen LogP contribution < -0.4 is 5.32 Å². The van der Waals surface area contributed by atoms with Crippen LogP contribution in [0.3, 0.4) is 0 Å². The van der Waals surface area contributed by atoms with Crippen LogP contribution in [-0.4, -0.2) is 0 Å². The second kappa shape index (κ2) is 6.11. The van der Waals surface area contributed by atoms with Crippen LogP contribution in [0.2, 0.25) is 0 Å². The van der Waals surface area contributed by atoms with Gasteiger partial charge in [-0.1, -0.05) is 42.0 Å². The summed E-state index contributed by atoms with van der Waals surface area (Å²) < 4.78 is 0. The van der Waals surface area contributed by atoms with Crippen molar-refractivity contribution in [2.45, 2.75) is 20.8 Å². The summed E-state index contributed by atoms with van der Waals surface area (Å²) in [4.78, 5) is 0. The van der Waals surface area contributed by atoms with E-state index in [1.54, 1.807) is 0 Å². The Morgan fingerprint density at radius 3 is 2.05 bits per heavy atom. The second-order valence-electron chi connectivity index (χ2n) is 5.16. The third-order valence-corrected chi connectivity index (χ3v) is 3.65. The summed E-state index contributed by atoms with van der Waals surface area (Å²) in [5.41, 5.74) is 4.93. The van der Waals surface area contributed by atoms with Gasteiger partial charge in [-0.05, 0) is 26.3 Å². The van der Waals surface area contributed by atoms with Gasteiger partial charge in [0.15, 0.2) is 0 Å². The molecule has 104 valence electrons. The molecule has 0 atom stereocenters. The van der Waals surface area contributed by atoms with E-state index in [1.165, 1.54) is 0 Å². The van der Waals surface area contributed by atoms with Crippen molar-refractivity contribution in [3.63, 3.8) is 0 Å². The zero-order valence-corrected chi connectivity index (χ0v) is 12.4. The zero-order valence-electron chi connectivity index (χ0n) is 12.4. The molecule has 1 aliphatic rings. The zero-order chi connectivity index (χ0) is 15.4. The number of allylic oxidation sites excluding steroid dienone is 5. The van der Waals surface area contributed by atoms with Gasteiger partial charge in [-0.3, -0.25) is 0 Å². The van der Waals surface area contributed by atoms with E-state index >= 15 is 0 Å². The van der Waals surface area contributed by atoms with Crippen LogP contribution in [0, 0.1) is 28.6 Å². The van der Waals surface area contributed by atoms with E-state index in [-0.39, 0.29) is 5.92 Å². The van der Waals surface area contributed by atoms with Crippen molar-refractivity contribution in [3.8, 4) is 12.1 Å². The quantitative estimate of drug-likeness (QED) is 0.890. The standard InChI is InChI=1S/C18H17N3/c1-12(9-15-7-5-4-6-8-15)18-16(10-19)13(2)21-14(3)17(18)11-20/h4-9,18,21H,1-3H3/b12-9+. The summed E-state index contributed by atoms with van der Waals surface area (Å²) >= 11 is 0. The molecule has 2 rings (SSSR count). The molecule has 0 aromatic heterocycles. The van der Waals surface area contributed by atoms with Crippen LogP contribution in [-0.2, 0) is 0 Å². The lowest BCUT2D eigenvalue weighted by Crippen LogP contribution is -2.25. The molecule has 1 aromatic carbocycles. The maximum atomic E-state index is 9.44. The number of nitriles is 2. The highest BCUT2D eigenvalue weighted by molar-refractivity contribution is 5.60. The molecule has 0 radical (unpaired) electrons. The van der Waals surface area contributed by atoms with Gasteiger partial charge in [0, 0.05) is 11.4 Å². The first-order chi connectivity index (χ1) is 10.1. The molecule has 1 aliphatic heterocycles. The number of nitrogens with zero attached hydrogens (tertiary/aromatic N) is 2. The van der Waals surface area contributed by atoms with Gasteiger partial charge in [0.25, 0.3) is 0 Å². The number of rotatable bonds is 2. The summed E-state index contributed by atoms with van der Waals surface area (Å²) in [6.45, 7) is 5.72. The largest absolute Gasteiger partial charge is 0.361 e. The van der Waals surface area contributed by atoms with Crippen molar-refractivity contribution in [3.05, 3.63) is 64.0 Å². The van der Waals surface area contributed by atoms with E-state index < -0.39 is 0 Å². The summed E-state index contributed by atoms with van der Waals surface area (Å²) in [6, 6.07) is 14.4. The lowest BCUT2D eigenvalue weighted by Gasteiger charge is -2.26. The highest BCUT2D eigenvalue weighted by Gasteiger charge is 2.28. The van der Waals surface area contributed by atoms with Crippen molar-refractivity contribution in [1.82, 2.24) is 5.32 Å². The molecular weight excluding hydrogens is 258 g/mol. The van der Waals surface area contributed by atoms with Gasteiger partial charge < -0.3 is 5.32 Å². The van der Waals surface area contributed by atoms with E-state index in [4.69, 9.17) is 0 Å². The van der Waals surface area contributed by atoms with Crippen LogP contribution >= 0.6 is 0 Å². The van der Waals surface area contributed by atoms with Crippen LogP contribution in [0.15, 0.2) is 58.4 Å². The molecule has 0 saturated carbocycles. The minimum Gasteiger partial charge on any atom is -0.361 e. The SMILES string of the molecule is CC1=C(C#N)C(/C(C)=C/c2ccccc2)C(C#N)=C(C)N1. The molecule has 3 nitrogen and oxygen atoms in total. The summed E-state index contributed by atoms with van der Waals surface area (Å²) in [7, 11) is 0. The summed E-state index contributed by atoms with van der Waals surface area (Å²) in [5.74, 6) is -0.263. The molecule has 1 aromatic rings. The van der Waals surface area contributed by atoms with E-state index in [0.717, 1.165) is 22.5 Å². The highest BCUT2D eigenvalue weighted by atomic mass is 14.9. The fourth-order valence-corrected chi connectivity index (χ4v) is 2.64. The molecule has 21 heavy (non-hydrogen) atoms. The van der Waals surface area contributed by atoms with Gasteiger partial charge in [-0.2, -0.15) is 10.5 Å². The molecule has 0 aliphatic carbocycles. The monoisotopic (exact) mass is 275 g/mol. The van der Waals surface area contributed by atoms with Crippen molar-refractivity contribution in [1.29, 1.82) is 10.5 Å². The molecule has 1 heterocycles. The summed E-state index contributed by atoms with van der Waals surface area (Å²) in [5, 5.41) is 22.0. The van der Waals surface area contributed by atoms with Crippen molar-refractivity contribution < 1.29 is 0 Å². The lowest BCUT2D eigenvalue weighted by molar-refractivity contribution is 0.769. The molecule has 0 fully saturated rings. The molecule has 1 N–H and O–H groups in total. The first kappa shape index (κ1) is 14.6. The Kier molecular flexibility index (Phi) is 4.26. The first-order valence-corrected chi connectivity index (χ1v) is 6.80. The molecule has 0 unspecified atom stereocenters. The smallest absolute Gasteiger partial charge is 0.0975 e. The van der Waals surface area contributed by atoms with Crippen molar-refractivity contribution in [2.75, 3.05) is 0 Å². The predicted molar refractivity (Wildman–Crippen MR) is 83.3 cm³/mol. The molecule has 3 heteroatoms. The number of hydrogen-bond donors (Lipinski definition) is 1. The second-order valence-corrected chi connectivity index (χ2v) is 5.16. The Morgan fingerprint density at radius 2 is 1.57 bits per heavy atom. The van der Waals surface area contributed by atoms with E-state index in [9.17, 15) is 10.5 Å². The van der Waals surface area contributed by atoms with Gasteiger partial charge >= 0.3 is 0 Å². The topological polar surface area (TPSA) is 59.6 Å². The van der Waals surface area contributed by atoms with Gasteiger partial charge in [-0.25, -0.2) is 0 Å². The third-order valence-electron chi connectivity index (χ3n) is 3.65. The molecular formula is C18H17N3. The normalized spacial score (nSPS) is 16.3. The van der Waals surface area contributed by atoms with Crippen LogP contribution in [0.5, 0.6) is 0 Å². The van der Waals surface area contributed by atoms with E-state index in [1.807, 2.05) is 57.2 Å². The summed E-state index contributed by atoms with van der Waals surface area (Å²) in [6.07, 6.45) is 2.03. The average Bonchev–Trinajstić information content (AvgIpc) is 2.47. The number of nitrogens with one attached hydrogen (secondary N) is 1. The number of benzene rings is 1. The fraction of sp³-hybridized carbons (Fsp3) is 0.222. The Hall–Kier alpha value is -2.78. The minimum atomic E-state index is -0.263. The third kappa shape index (κ3) is 2.88. The Balaban J connectivity index is 2.52. The van der Waals surface area contributed by atoms with Crippen molar-refractivity contribution in [2.24, 2.45) is 5.92 Å². The maximum absolute atomic E-state index is 9.44. The molecule has 0 bridgehead atoms. The van der Waals surface area contributed by atoms with E-state index in [2.05, 4.69) is 17.5 Å². The van der Waals surface area contributed by atoms with E-state index in [0.29, 0.717) is 11.1 Å².